The summed E-state index contributed by atoms with van der Waals surface area (Å²) in [6.07, 6.45) is 3.30. The summed E-state index contributed by atoms with van der Waals surface area (Å²) in [6, 6.07) is 26.3. The number of benzene rings is 3. The van der Waals surface area contributed by atoms with Crippen LogP contribution in [0, 0.1) is 6.92 Å². The van der Waals surface area contributed by atoms with E-state index in [-0.39, 0.29) is 5.56 Å². The Bertz CT molecular complexity index is 2200. The Labute approximate surface area is 260 Å². The molecule has 8 rings (SSSR count). The van der Waals surface area contributed by atoms with Gasteiger partial charge in [-0.05, 0) is 73.3 Å². The first kappa shape index (κ1) is 26.6. The number of thiophene rings is 1. The van der Waals surface area contributed by atoms with E-state index in [1.54, 1.807) is 27.7 Å². The van der Waals surface area contributed by atoms with E-state index in [0.29, 0.717) is 28.6 Å². The van der Waals surface area contributed by atoms with Gasteiger partial charge in [-0.15, -0.1) is 33.3 Å². The van der Waals surface area contributed by atoms with Crippen molar-refractivity contribution >= 4 is 61.8 Å². The van der Waals surface area contributed by atoms with Gasteiger partial charge in [-0.1, -0.05) is 60.2 Å². The number of nitrogens with zero attached hydrogens (tertiary/aromatic N) is 6. The predicted octanol–water partition coefficient (Wildman–Crippen LogP) is 7.34. The Morgan fingerprint density at radius 2 is 1.72 bits per heavy atom. The van der Waals surface area contributed by atoms with Crippen LogP contribution in [-0.2, 0) is 25.1 Å². The van der Waals surface area contributed by atoms with E-state index in [0.717, 1.165) is 51.4 Å². The standard InChI is InChI=1S/C33H26N6OS3/c1-20-14-16-21(17-15-20)18-38-31(40)23-10-5-6-12-25(23)39-32(38)36-37-33(39)43-30-28-24-11-7-13-26(24)42-29(28)34-27(35-30)19-41-22-8-3-2-4-9-22/h2-6,8-10,12,14-17H,7,11,13,18-19H2,1H3. The van der Waals surface area contributed by atoms with E-state index >= 15 is 0 Å². The number of para-hydroxylation sites is 1. The topological polar surface area (TPSA) is 78.0 Å². The van der Waals surface area contributed by atoms with Gasteiger partial charge in [-0.3, -0.25) is 13.8 Å². The molecule has 212 valence electrons. The minimum absolute atomic E-state index is 0.0760. The number of aromatic nitrogens is 6. The second kappa shape index (κ2) is 10.9. The number of hydrogen-bond donors (Lipinski definition) is 0. The maximum absolute atomic E-state index is 13.7. The van der Waals surface area contributed by atoms with Gasteiger partial charge >= 0.3 is 0 Å². The maximum Gasteiger partial charge on any atom is 0.263 e. The molecule has 0 radical (unpaired) electrons. The predicted molar refractivity (Wildman–Crippen MR) is 175 cm³/mol. The molecular weight excluding hydrogens is 593 g/mol. The van der Waals surface area contributed by atoms with Crippen molar-refractivity contribution in [3.05, 3.63) is 117 Å². The van der Waals surface area contributed by atoms with Crippen molar-refractivity contribution in [1.82, 2.24) is 29.1 Å². The van der Waals surface area contributed by atoms with E-state index in [9.17, 15) is 4.79 Å². The van der Waals surface area contributed by atoms with Crippen LogP contribution in [0.5, 0.6) is 0 Å². The fourth-order valence-corrected chi connectivity index (χ4v) is 8.83. The van der Waals surface area contributed by atoms with Crippen LogP contribution in [0.3, 0.4) is 0 Å². The molecule has 0 atom stereocenters. The molecule has 10 heteroatoms. The van der Waals surface area contributed by atoms with Gasteiger partial charge < -0.3 is 0 Å². The summed E-state index contributed by atoms with van der Waals surface area (Å²) in [4.78, 5) is 27.5. The molecule has 0 saturated carbocycles. The van der Waals surface area contributed by atoms with Gasteiger partial charge in [-0.2, -0.15) is 0 Å². The molecule has 43 heavy (non-hydrogen) atoms. The van der Waals surface area contributed by atoms with Crippen molar-refractivity contribution in [2.24, 2.45) is 0 Å². The zero-order valence-electron chi connectivity index (χ0n) is 23.4. The molecule has 0 spiro atoms. The normalized spacial score (nSPS) is 13.0. The van der Waals surface area contributed by atoms with Crippen molar-refractivity contribution in [2.75, 3.05) is 0 Å². The number of fused-ring (bicyclic) bond motifs is 6. The number of thioether (sulfide) groups is 1. The molecule has 1 aliphatic carbocycles. The van der Waals surface area contributed by atoms with Crippen molar-refractivity contribution in [3.63, 3.8) is 0 Å². The fraction of sp³-hybridized carbons (Fsp3) is 0.182. The molecule has 0 fully saturated rings. The number of aryl methyl sites for hydroxylation is 3. The summed E-state index contributed by atoms with van der Waals surface area (Å²) in [5, 5.41) is 12.6. The van der Waals surface area contributed by atoms with Gasteiger partial charge in [-0.25, -0.2) is 9.97 Å². The molecule has 0 saturated heterocycles. The molecule has 0 bridgehead atoms. The molecular formula is C33H26N6OS3. The van der Waals surface area contributed by atoms with E-state index in [4.69, 9.17) is 9.97 Å². The molecule has 0 amide bonds. The largest absolute Gasteiger partial charge is 0.272 e. The van der Waals surface area contributed by atoms with E-state index in [1.807, 2.05) is 34.7 Å². The highest BCUT2D eigenvalue weighted by Crippen LogP contribution is 2.42. The molecule has 0 unspecified atom stereocenters. The average molecular weight is 619 g/mol. The lowest BCUT2D eigenvalue weighted by atomic mass is 10.1. The first-order chi connectivity index (χ1) is 21.1. The van der Waals surface area contributed by atoms with Crippen molar-refractivity contribution in [1.29, 1.82) is 0 Å². The van der Waals surface area contributed by atoms with Crippen LogP contribution in [-0.4, -0.2) is 29.1 Å². The highest BCUT2D eigenvalue weighted by atomic mass is 32.2. The van der Waals surface area contributed by atoms with E-state index in [1.165, 1.54) is 32.7 Å². The summed E-state index contributed by atoms with van der Waals surface area (Å²) < 4.78 is 3.73. The highest BCUT2D eigenvalue weighted by molar-refractivity contribution is 7.99. The van der Waals surface area contributed by atoms with Gasteiger partial charge in [0.15, 0.2) is 0 Å². The van der Waals surface area contributed by atoms with E-state index in [2.05, 4.69) is 65.7 Å². The highest BCUT2D eigenvalue weighted by Gasteiger charge is 2.25. The molecule has 0 N–H and O–H groups in total. The zero-order chi connectivity index (χ0) is 28.9. The minimum Gasteiger partial charge on any atom is -0.272 e. The molecule has 4 aromatic heterocycles. The number of rotatable bonds is 7. The average Bonchev–Trinajstić information content (AvgIpc) is 3.75. The lowest BCUT2D eigenvalue weighted by Crippen LogP contribution is -2.24. The summed E-state index contributed by atoms with van der Waals surface area (Å²) >= 11 is 5.06. The molecule has 7 aromatic rings. The first-order valence-electron chi connectivity index (χ1n) is 14.2. The van der Waals surface area contributed by atoms with Crippen molar-refractivity contribution in [2.45, 2.75) is 53.6 Å². The second-order valence-electron chi connectivity index (χ2n) is 10.7. The zero-order valence-corrected chi connectivity index (χ0v) is 25.8. The molecule has 7 nitrogen and oxygen atoms in total. The summed E-state index contributed by atoms with van der Waals surface area (Å²) in [6.45, 7) is 2.47. The van der Waals surface area contributed by atoms with Gasteiger partial charge in [0.2, 0.25) is 10.9 Å². The second-order valence-corrected chi connectivity index (χ2v) is 13.8. The van der Waals surface area contributed by atoms with Crippen molar-refractivity contribution in [3.8, 4) is 0 Å². The third kappa shape index (κ3) is 4.83. The lowest BCUT2D eigenvalue weighted by molar-refractivity contribution is 0.763. The third-order valence-electron chi connectivity index (χ3n) is 7.82. The Kier molecular flexibility index (Phi) is 6.77. The van der Waals surface area contributed by atoms with Gasteiger partial charge in [0.1, 0.15) is 15.7 Å². The van der Waals surface area contributed by atoms with Crippen LogP contribution >= 0.6 is 34.9 Å². The van der Waals surface area contributed by atoms with Gasteiger partial charge in [0, 0.05) is 15.2 Å². The molecule has 0 aliphatic heterocycles. The maximum atomic E-state index is 13.7. The van der Waals surface area contributed by atoms with Crippen LogP contribution in [0.1, 0.15) is 33.8 Å². The Morgan fingerprint density at radius 3 is 2.58 bits per heavy atom. The van der Waals surface area contributed by atoms with Crippen LogP contribution < -0.4 is 5.56 Å². The Hall–Kier alpha value is -3.99. The van der Waals surface area contributed by atoms with Crippen LogP contribution in [0.25, 0.3) is 26.9 Å². The minimum atomic E-state index is -0.0760. The quantitative estimate of drug-likeness (QED) is 0.137. The van der Waals surface area contributed by atoms with Crippen LogP contribution in [0.2, 0.25) is 0 Å². The Morgan fingerprint density at radius 1 is 0.907 bits per heavy atom. The number of hydrogen-bond acceptors (Lipinski definition) is 8. The Balaban J connectivity index is 1.26. The summed E-state index contributed by atoms with van der Waals surface area (Å²) in [5.74, 6) is 2.00. The third-order valence-corrected chi connectivity index (χ3v) is 10.9. The van der Waals surface area contributed by atoms with Crippen LogP contribution in [0.4, 0.5) is 0 Å². The summed E-state index contributed by atoms with van der Waals surface area (Å²) in [7, 11) is 0. The molecule has 1 aliphatic rings. The van der Waals surface area contributed by atoms with E-state index < -0.39 is 0 Å². The SMILES string of the molecule is Cc1ccc(Cn2c(=O)c3ccccc3n3c(Sc4nc(CSc5ccccc5)nc5sc6c(c45)CCC6)nnc23)cc1. The fourth-order valence-electron chi connectivity index (χ4n) is 5.71. The smallest absolute Gasteiger partial charge is 0.263 e. The van der Waals surface area contributed by atoms with Crippen LogP contribution in [0.15, 0.2) is 98.7 Å². The lowest BCUT2D eigenvalue weighted by Gasteiger charge is -2.12. The van der Waals surface area contributed by atoms with Gasteiger partial charge in [0.25, 0.3) is 5.56 Å². The monoisotopic (exact) mass is 618 g/mol. The summed E-state index contributed by atoms with van der Waals surface area (Å²) in [5.41, 5.74) is 4.30. The van der Waals surface area contributed by atoms with Gasteiger partial charge in [0.05, 0.1) is 23.2 Å². The molecule has 3 aromatic carbocycles. The first-order valence-corrected chi connectivity index (χ1v) is 16.8. The van der Waals surface area contributed by atoms with Crippen molar-refractivity contribution < 1.29 is 0 Å². The molecule has 4 heterocycles.